The highest BCUT2D eigenvalue weighted by Crippen LogP contribution is 2.28. The molecule has 0 spiro atoms. The second-order valence-corrected chi connectivity index (χ2v) is 9.60. The minimum Gasteiger partial charge on any atom is -0.467 e. The summed E-state index contributed by atoms with van der Waals surface area (Å²) in [7, 11) is 0. The smallest absolute Gasteiger partial charge is 0.312 e. The molecule has 1 aliphatic carbocycles. The van der Waals surface area contributed by atoms with Crippen molar-refractivity contribution < 1.29 is 23.5 Å². The van der Waals surface area contributed by atoms with Gasteiger partial charge in [0.2, 0.25) is 5.91 Å². The Hall–Kier alpha value is -2.65. The van der Waals surface area contributed by atoms with E-state index in [9.17, 15) is 14.4 Å². The summed E-state index contributed by atoms with van der Waals surface area (Å²) in [6.07, 6.45) is 8.04. The first kappa shape index (κ1) is 23.5. The number of amides is 3. The van der Waals surface area contributed by atoms with Crippen molar-refractivity contribution in [2.24, 2.45) is 0 Å². The lowest BCUT2D eigenvalue weighted by Crippen LogP contribution is -2.52. The van der Waals surface area contributed by atoms with Gasteiger partial charge in [-0.1, -0.05) is 25.3 Å². The van der Waals surface area contributed by atoms with Gasteiger partial charge in [0, 0.05) is 24.1 Å². The lowest BCUT2D eigenvalue weighted by atomic mass is 9.95. The van der Waals surface area contributed by atoms with E-state index >= 15 is 0 Å². The Labute approximate surface area is 197 Å². The molecule has 8 nitrogen and oxygen atoms in total. The van der Waals surface area contributed by atoms with Crippen LogP contribution in [0.5, 0.6) is 0 Å². The predicted octanol–water partition coefficient (Wildman–Crippen LogP) is 3.16. The fourth-order valence-electron chi connectivity index (χ4n) is 4.49. The zero-order chi connectivity index (χ0) is 23.0. The van der Waals surface area contributed by atoms with Crippen LogP contribution in [-0.4, -0.2) is 47.9 Å². The van der Waals surface area contributed by atoms with E-state index in [0.29, 0.717) is 17.2 Å². The minimum absolute atomic E-state index is 0.00717. The Morgan fingerprint density at radius 3 is 2.61 bits per heavy atom. The van der Waals surface area contributed by atoms with Crippen LogP contribution in [0.1, 0.15) is 61.6 Å². The molecule has 1 saturated carbocycles. The Balaban J connectivity index is 1.54. The third-order valence-electron chi connectivity index (χ3n) is 6.21. The average molecular weight is 474 g/mol. The van der Waals surface area contributed by atoms with E-state index in [1.165, 1.54) is 16.2 Å². The maximum Gasteiger partial charge on any atom is 0.312 e. The molecular weight excluding hydrogens is 442 g/mol. The van der Waals surface area contributed by atoms with Crippen molar-refractivity contribution in [2.75, 3.05) is 13.2 Å². The lowest BCUT2D eigenvalue weighted by molar-refractivity contribution is -0.151. The van der Waals surface area contributed by atoms with Gasteiger partial charge in [0.15, 0.2) is 0 Å². The Morgan fingerprint density at radius 1 is 1.09 bits per heavy atom. The Kier molecular flexibility index (Phi) is 8.17. The van der Waals surface area contributed by atoms with Crippen molar-refractivity contribution in [3.63, 3.8) is 0 Å². The number of furan rings is 1. The van der Waals surface area contributed by atoms with Crippen molar-refractivity contribution in [1.82, 2.24) is 15.5 Å². The molecular formula is C24H31N3O5S. The lowest BCUT2D eigenvalue weighted by Gasteiger charge is -2.32. The summed E-state index contributed by atoms with van der Waals surface area (Å²) in [5.74, 6) is -1.09. The molecule has 33 heavy (non-hydrogen) atoms. The molecule has 2 fully saturated rings. The molecule has 2 aliphatic rings. The normalized spacial score (nSPS) is 19.7. The molecule has 0 radical (unpaired) electrons. The first-order valence-electron chi connectivity index (χ1n) is 11.7. The highest BCUT2D eigenvalue weighted by atomic mass is 32.1. The molecule has 2 N–H and O–H groups in total. The van der Waals surface area contributed by atoms with Gasteiger partial charge in [-0.05, 0) is 49.3 Å². The van der Waals surface area contributed by atoms with Crippen molar-refractivity contribution in [3.8, 4) is 0 Å². The van der Waals surface area contributed by atoms with Crippen molar-refractivity contribution >= 4 is 29.1 Å². The summed E-state index contributed by atoms with van der Waals surface area (Å²) >= 11 is 1.38. The third kappa shape index (κ3) is 6.23. The van der Waals surface area contributed by atoms with Crippen LogP contribution in [0.3, 0.4) is 0 Å². The third-order valence-corrected chi connectivity index (χ3v) is 7.13. The number of rotatable bonds is 8. The number of carbonyl (C=O) groups is 3. The van der Waals surface area contributed by atoms with Gasteiger partial charge in [-0.25, -0.2) is 0 Å². The zero-order valence-electron chi connectivity index (χ0n) is 18.7. The van der Waals surface area contributed by atoms with E-state index in [2.05, 4.69) is 10.6 Å². The molecule has 2 aromatic heterocycles. The van der Waals surface area contributed by atoms with E-state index < -0.39 is 17.9 Å². The molecule has 2 aromatic rings. The zero-order valence-corrected chi connectivity index (χ0v) is 19.5. The molecule has 0 bridgehead atoms. The predicted molar refractivity (Wildman–Crippen MR) is 123 cm³/mol. The minimum atomic E-state index is -0.922. The topological polar surface area (TPSA) is 101 Å². The molecule has 0 unspecified atom stereocenters. The van der Waals surface area contributed by atoms with Gasteiger partial charge < -0.3 is 24.7 Å². The largest absolute Gasteiger partial charge is 0.467 e. The molecule has 4 rings (SSSR count). The van der Waals surface area contributed by atoms with E-state index in [-0.39, 0.29) is 31.1 Å². The molecule has 2 atom stereocenters. The maximum absolute atomic E-state index is 13.4. The average Bonchev–Trinajstić information content (AvgIpc) is 3.62. The second kappa shape index (κ2) is 11.5. The highest BCUT2D eigenvalue weighted by molar-refractivity contribution is 7.10. The number of hydrogen-bond donors (Lipinski definition) is 2. The SMILES string of the molecule is O=C(NC1CCCCC1)C(=O)N(C[C@@H]1CCCO1)[C@@H](C(=O)NCc1ccco1)c1cccs1. The fraction of sp³-hybridized carbons (Fsp3) is 0.542. The summed E-state index contributed by atoms with van der Waals surface area (Å²) in [6.45, 7) is 1.01. The summed E-state index contributed by atoms with van der Waals surface area (Å²) in [5.41, 5.74) is 0. The number of carbonyl (C=O) groups excluding carboxylic acids is 3. The number of hydrogen-bond acceptors (Lipinski definition) is 6. The molecule has 3 heterocycles. The first-order chi connectivity index (χ1) is 16.1. The van der Waals surface area contributed by atoms with Gasteiger partial charge >= 0.3 is 11.8 Å². The van der Waals surface area contributed by atoms with Crippen LogP contribution < -0.4 is 10.6 Å². The molecule has 9 heteroatoms. The van der Waals surface area contributed by atoms with Gasteiger partial charge in [-0.2, -0.15) is 0 Å². The Morgan fingerprint density at radius 2 is 1.94 bits per heavy atom. The van der Waals surface area contributed by atoms with Gasteiger partial charge in [0.05, 0.1) is 18.9 Å². The van der Waals surface area contributed by atoms with E-state index in [1.54, 1.807) is 18.4 Å². The standard InChI is InChI=1S/C24H31N3O5S/c28-22(25-15-18-9-4-12-31-18)21(20-11-6-14-33-20)27(16-19-10-5-13-32-19)24(30)23(29)26-17-7-2-1-3-8-17/h4,6,9,11-12,14,17,19,21H,1-3,5,7-8,10,13,15-16H2,(H,25,28)(H,26,29)/t19-,21+/m0/s1. The number of ether oxygens (including phenoxy) is 1. The molecule has 1 saturated heterocycles. The first-order valence-corrected chi connectivity index (χ1v) is 12.6. The number of nitrogens with zero attached hydrogens (tertiary/aromatic N) is 1. The second-order valence-electron chi connectivity index (χ2n) is 8.62. The monoisotopic (exact) mass is 473 g/mol. The van der Waals surface area contributed by atoms with Gasteiger partial charge in [-0.15, -0.1) is 11.3 Å². The van der Waals surface area contributed by atoms with Crippen LogP contribution in [0.15, 0.2) is 40.3 Å². The molecule has 1 aliphatic heterocycles. The summed E-state index contributed by atoms with van der Waals surface area (Å²) < 4.78 is 11.1. The molecule has 3 amide bonds. The van der Waals surface area contributed by atoms with Crippen LogP contribution in [0.2, 0.25) is 0 Å². The van der Waals surface area contributed by atoms with Crippen LogP contribution in [0.25, 0.3) is 0 Å². The van der Waals surface area contributed by atoms with Gasteiger partial charge in [-0.3, -0.25) is 14.4 Å². The van der Waals surface area contributed by atoms with Crippen molar-refractivity contribution in [2.45, 2.75) is 69.7 Å². The van der Waals surface area contributed by atoms with Crippen molar-refractivity contribution in [3.05, 3.63) is 46.5 Å². The highest BCUT2D eigenvalue weighted by Gasteiger charge is 2.38. The van der Waals surface area contributed by atoms with Crippen molar-refractivity contribution in [1.29, 1.82) is 0 Å². The molecule has 178 valence electrons. The quantitative estimate of drug-likeness (QED) is 0.574. The van der Waals surface area contributed by atoms with Crippen LogP contribution in [-0.2, 0) is 25.7 Å². The van der Waals surface area contributed by atoms with E-state index in [0.717, 1.165) is 44.9 Å². The summed E-state index contributed by atoms with van der Waals surface area (Å²) in [6, 6.07) is 6.26. The maximum atomic E-state index is 13.4. The number of nitrogens with one attached hydrogen (secondary N) is 2. The number of thiophene rings is 1. The fourth-order valence-corrected chi connectivity index (χ4v) is 5.33. The van der Waals surface area contributed by atoms with Crippen LogP contribution in [0, 0.1) is 0 Å². The van der Waals surface area contributed by atoms with Gasteiger partial charge in [0.25, 0.3) is 0 Å². The van der Waals surface area contributed by atoms with Crippen LogP contribution >= 0.6 is 11.3 Å². The van der Waals surface area contributed by atoms with E-state index in [1.807, 2.05) is 17.5 Å². The summed E-state index contributed by atoms with van der Waals surface area (Å²) in [5, 5.41) is 7.62. The molecule has 0 aromatic carbocycles. The Bertz CT molecular complexity index is 903. The van der Waals surface area contributed by atoms with Gasteiger partial charge in [0.1, 0.15) is 11.8 Å². The summed E-state index contributed by atoms with van der Waals surface area (Å²) in [4.78, 5) is 41.9. The van der Waals surface area contributed by atoms with E-state index in [4.69, 9.17) is 9.15 Å². The van der Waals surface area contributed by atoms with Crippen LogP contribution in [0.4, 0.5) is 0 Å².